The molecule has 2 heteroatoms. The van der Waals surface area contributed by atoms with Crippen LogP contribution in [0.25, 0.3) is 0 Å². The van der Waals surface area contributed by atoms with Gasteiger partial charge in [0.25, 0.3) is 0 Å². The molecule has 1 aromatic rings. The first-order valence-corrected chi connectivity index (χ1v) is 8.78. The second kappa shape index (κ2) is 9.09. The van der Waals surface area contributed by atoms with Crippen molar-refractivity contribution in [2.45, 2.75) is 70.8 Å². The molecular weight excluding hydrogens is 258 g/mol. The average molecular weight is 289 g/mol. The Morgan fingerprint density at radius 3 is 2.62 bits per heavy atom. The normalized spacial score (nSPS) is 17.0. The van der Waals surface area contributed by atoms with Crippen molar-refractivity contribution in [2.75, 3.05) is 13.7 Å². The molecule has 2 rings (SSSR count). The van der Waals surface area contributed by atoms with Crippen LogP contribution in [0.1, 0.15) is 75.5 Å². The molecular formula is C19H31NO. The highest BCUT2D eigenvalue weighted by Gasteiger charge is 2.23. The van der Waals surface area contributed by atoms with Gasteiger partial charge in [-0.15, -0.1) is 0 Å². The molecule has 0 heterocycles. The molecule has 118 valence electrons. The average Bonchev–Trinajstić information content (AvgIpc) is 2.94. The van der Waals surface area contributed by atoms with E-state index in [9.17, 15) is 0 Å². The van der Waals surface area contributed by atoms with Crippen molar-refractivity contribution in [3.63, 3.8) is 0 Å². The molecule has 0 saturated carbocycles. The van der Waals surface area contributed by atoms with Gasteiger partial charge < -0.3 is 10.1 Å². The molecule has 0 spiro atoms. The van der Waals surface area contributed by atoms with Gasteiger partial charge in [-0.2, -0.15) is 0 Å². The lowest BCUT2D eigenvalue weighted by Crippen LogP contribution is -2.12. The van der Waals surface area contributed by atoms with E-state index in [-0.39, 0.29) is 0 Å². The maximum Gasteiger partial charge on any atom is 0.122 e. The Morgan fingerprint density at radius 2 is 1.86 bits per heavy atom. The van der Waals surface area contributed by atoms with Gasteiger partial charge in [-0.05, 0) is 43.5 Å². The largest absolute Gasteiger partial charge is 0.493 e. The number of hydrogen-bond acceptors (Lipinski definition) is 2. The van der Waals surface area contributed by atoms with E-state index in [0.717, 1.165) is 18.8 Å². The van der Waals surface area contributed by atoms with E-state index >= 15 is 0 Å². The highest BCUT2D eigenvalue weighted by molar-refractivity contribution is 5.45. The zero-order valence-electron chi connectivity index (χ0n) is 13.8. The van der Waals surface area contributed by atoms with Crippen molar-refractivity contribution in [1.82, 2.24) is 5.32 Å². The number of hydrogen-bond donors (Lipinski definition) is 1. The number of nitrogens with one attached hydrogen (secondary N) is 1. The predicted molar refractivity (Wildman–Crippen MR) is 90.1 cm³/mol. The minimum atomic E-state index is 0.516. The maximum absolute atomic E-state index is 6.04. The van der Waals surface area contributed by atoms with Crippen LogP contribution in [0.15, 0.2) is 18.2 Å². The van der Waals surface area contributed by atoms with E-state index in [2.05, 4.69) is 30.4 Å². The molecule has 0 radical (unpaired) electrons. The molecule has 1 aliphatic carbocycles. The van der Waals surface area contributed by atoms with Gasteiger partial charge in [0.15, 0.2) is 0 Å². The molecule has 1 aromatic carbocycles. The van der Waals surface area contributed by atoms with E-state index in [1.54, 1.807) is 0 Å². The minimum absolute atomic E-state index is 0.516. The second-order valence-corrected chi connectivity index (χ2v) is 6.17. The van der Waals surface area contributed by atoms with Crippen LogP contribution in [0.5, 0.6) is 5.75 Å². The van der Waals surface area contributed by atoms with E-state index < -0.39 is 0 Å². The number of ether oxygens (including phenoxy) is 1. The second-order valence-electron chi connectivity index (χ2n) is 6.17. The lowest BCUT2D eigenvalue weighted by Gasteiger charge is -2.13. The van der Waals surface area contributed by atoms with E-state index in [4.69, 9.17) is 4.74 Å². The van der Waals surface area contributed by atoms with E-state index in [0.29, 0.717) is 6.04 Å². The van der Waals surface area contributed by atoms with Crippen LogP contribution in [0.4, 0.5) is 0 Å². The molecule has 0 bridgehead atoms. The summed E-state index contributed by atoms with van der Waals surface area (Å²) in [6, 6.07) is 7.03. The Morgan fingerprint density at radius 1 is 1.10 bits per heavy atom. The molecule has 0 aromatic heterocycles. The lowest BCUT2D eigenvalue weighted by molar-refractivity contribution is 0.301. The summed E-state index contributed by atoms with van der Waals surface area (Å²) in [5.41, 5.74) is 2.87. The molecule has 0 fully saturated rings. The third-order valence-electron chi connectivity index (χ3n) is 4.58. The summed E-state index contributed by atoms with van der Waals surface area (Å²) >= 11 is 0. The van der Waals surface area contributed by atoms with E-state index in [1.807, 2.05) is 7.05 Å². The zero-order valence-corrected chi connectivity index (χ0v) is 13.8. The first kappa shape index (κ1) is 16.4. The summed E-state index contributed by atoms with van der Waals surface area (Å²) in [6.45, 7) is 3.14. The molecule has 0 amide bonds. The molecule has 2 nitrogen and oxygen atoms in total. The smallest absolute Gasteiger partial charge is 0.122 e. The van der Waals surface area contributed by atoms with Gasteiger partial charge in [-0.25, -0.2) is 0 Å². The van der Waals surface area contributed by atoms with Gasteiger partial charge in [-0.1, -0.05) is 57.6 Å². The summed E-state index contributed by atoms with van der Waals surface area (Å²) in [4.78, 5) is 0. The standard InChI is InChI=1S/C19H31NO/c1-3-4-5-6-7-8-9-15-21-19-12-10-11-16-17(19)13-14-18(16)20-2/h10-12,18,20H,3-9,13-15H2,1-2H3. The van der Waals surface area contributed by atoms with Gasteiger partial charge >= 0.3 is 0 Å². The number of benzene rings is 1. The lowest BCUT2D eigenvalue weighted by atomic mass is 10.1. The Labute approximate surface area is 130 Å². The van der Waals surface area contributed by atoms with Gasteiger partial charge in [0, 0.05) is 6.04 Å². The Kier molecular flexibility index (Phi) is 7.08. The molecule has 1 N–H and O–H groups in total. The van der Waals surface area contributed by atoms with Crippen LogP contribution in [-0.4, -0.2) is 13.7 Å². The fourth-order valence-corrected chi connectivity index (χ4v) is 3.30. The zero-order chi connectivity index (χ0) is 14.9. The van der Waals surface area contributed by atoms with Crippen molar-refractivity contribution in [3.05, 3.63) is 29.3 Å². The van der Waals surface area contributed by atoms with Crippen LogP contribution in [-0.2, 0) is 6.42 Å². The van der Waals surface area contributed by atoms with Gasteiger partial charge in [0.2, 0.25) is 0 Å². The Balaban J connectivity index is 1.69. The number of unbranched alkanes of at least 4 members (excludes halogenated alkanes) is 6. The van der Waals surface area contributed by atoms with E-state index in [1.165, 1.54) is 62.5 Å². The molecule has 0 saturated heterocycles. The first-order chi connectivity index (χ1) is 10.4. The molecule has 0 aliphatic heterocycles. The summed E-state index contributed by atoms with van der Waals surface area (Å²) < 4.78 is 6.04. The number of fused-ring (bicyclic) bond motifs is 1. The van der Waals surface area contributed by atoms with Crippen molar-refractivity contribution in [3.8, 4) is 5.75 Å². The third-order valence-corrected chi connectivity index (χ3v) is 4.58. The highest BCUT2D eigenvalue weighted by atomic mass is 16.5. The summed E-state index contributed by atoms with van der Waals surface area (Å²) in [6.07, 6.45) is 11.7. The van der Waals surface area contributed by atoms with Crippen LogP contribution >= 0.6 is 0 Å². The van der Waals surface area contributed by atoms with Crippen LogP contribution in [0.3, 0.4) is 0 Å². The first-order valence-electron chi connectivity index (χ1n) is 8.78. The van der Waals surface area contributed by atoms with Crippen LogP contribution in [0, 0.1) is 0 Å². The Bertz CT molecular complexity index is 416. The van der Waals surface area contributed by atoms with Gasteiger partial charge in [-0.3, -0.25) is 0 Å². The molecule has 21 heavy (non-hydrogen) atoms. The molecule has 1 aliphatic rings. The van der Waals surface area contributed by atoms with Gasteiger partial charge in [0.05, 0.1) is 6.61 Å². The SMILES string of the molecule is CCCCCCCCCOc1cccc2c1CCC2NC. The van der Waals surface area contributed by atoms with Crippen molar-refractivity contribution < 1.29 is 4.74 Å². The van der Waals surface area contributed by atoms with Gasteiger partial charge in [0.1, 0.15) is 5.75 Å². The third kappa shape index (κ3) is 4.74. The van der Waals surface area contributed by atoms with Crippen LogP contribution in [0.2, 0.25) is 0 Å². The fraction of sp³-hybridized carbons (Fsp3) is 0.684. The van der Waals surface area contributed by atoms with Crippen molar-refractivity contribution >= 4 is 0 Å². The molecule has 1 unspecified atom stereocenters. The summed E-state index contributed by atoms with van der Waals surface area (Å²) in [5, 5.41) is 3.39. The monoisotopic (exact) mass is 289 g/mol. The maximum atomic E-state index is 6.04. The van der Waals surface area contributed by atoms with Crippen LogP contribution < -0.4 is 10.1 Å². The molecule has 1 atom stereocenters. The topological polar surface area (TPSA) is 21.3 Å². The number of rotatable bonds is 10. The minimum Gasteiger partial charge on any atom is -0.493 e. The quantitative estimate of drug-likeness (QED) is 0.610. The predicted octanol–water partition coefficient (Wildman–Crippen LogP) is 5.02. The van der Waals surface area contributed by atoms with Crippen molar-refractivity contribution in [1.29, 1.82) is 0 Å². The summed E-state index contributed by atoms with van der Waals surface area (Å²) in [5.74, 6) is 1.12. The fourth-order valence-electron chi connectivity index (χ4n) is 3.30. The summed E-state index contributed by atoms with van der Waals surface area (Å²) in [7, 11) is 2.05. The Hall–Kier alpha value is -1.02. The van der Waals surface area contributed by atoms with Crippen molar-refractivity contribution in [2.24, 2.45) is 0 Å². The highest BCUT2D eigenvalue weighted by Crippen LogP contribution is 2.36.